The topological polar surface area (TPSA) is 51.0 Å². The van der Waals surface area contributed by atoms with Crippen LogP contribution in [0.1, 0.15) is 5.89 Å². The van der Waals surface area contributed by atoms with Crippen LogP contribution in [-0.4, -0.2) is 17.2 Å². The van der Waals surface area contributed by atoms with Gasteiger partial charge in [-0.25, -0.2) is 4.39 Å². The minimum Gasteiger partial charge on any atom is -0.419 e. The Hall–Kier alpha value is -1.27. The first-order valence-corrected chi connectivity index (χ1v) is 5.42. The lowest BCUT2D eigenvalue weighted by Crippen LogP contribution is -2.04. The number of hydrogen-bond donors (Lipinski definition) is 1. The van der Waals surface area contributed by atoms with Crippen LogP contribution in [0.3, 0.4) is 0 Å². The van der Waals surface area contributed by atoms with Crippen molar-refractivity contribution >= 4 is 15.9 Å². The van der Waals surface area contributed by atoms with Crippen molar-refractivity contribution in [3.05, 3.63) is 34.4 Å². The highest BCUT2D eigenvalue weighted by Crippen LogP contribution is 2.24. The molecule has 0 spiro atoms. The molecule has 0 saturated carbocycles. The summed E-state index contributed by atoms with van der Waals surface area (Å²) in [6, 6.07) is 4.67. The van der Waals surface area contributed by atoms with E-state index in [1.165, 1.54) is 6.07 Å². The predicted octanol–water partition coefficient (Wildman–Crippen LogP) is 2.36. The summed E-state index contributed by atoms with van der Waals surface area (Å²) in [7, 11) is 1.77. The predicted molar refractivity (Wildman–Crippen MR) is 60.2 cm³/mol. The highest BCUT2D eigenvalue weighted by molar-refractivity contribution is 9.10. The number of nitrogens with zero attached hydrogens (tertiary/aromatic N) is 2. The summed E-state index contributed by atoms with van der Waals surface area (Å²) in [5, 5.41) is 10.4. The van der Waals surface area contributed by atoms with E-state index in [0.29, 0.717) is 22.5 Å². The van der Waals surface area contributed by atoms with E-state index in [4.69, 9.17) is 4.42 Å². The van der Waals surface area contributed by atoms with Crippen molar-refractivity contribution < 1.29 is 8.81 Å². The van der Waals surface area contributed by atoms with Gasteiger partial charge >= 0.3 is 0 Å². The molecule has 0 unspecified atom stereocenters. The van der Waals surface area contributed by atoms with Crippen LogP contribution in [0.2, 0.25) is 0 Å². The van der Waals surface area contributed by atoms with E-state index in [0.717, 1.165) is 0 Å². The van der Waals surface area contributed by atoms with Crippen LogP contribution in [0.25, 0.3) is 11.5 Å². The van der Waals surface area contributed by atoms with Gasteiger partial charge < -0.3 is 9.73 Å². The Bertz CT molecular complexity index is 501. The zero-order valence-electron chi connectivity index (χ0n) is 8.50. The minimum atomic E-state index is -0.394. The second-order valence-electron chi connectivity index (χ2n) is 3.16. The Balaban J connectivity index is 2.35. The molecule has 0 aliphatic rings. The van der Waals surface area contributed by atoms with E-state index in [-0.39, 0.29) is 5.89 Å². The summed E-state index contributed by atoms with van der Waals surface area (Å²) in [5.74, 6) is 0.226. The Kier molecular flexibility index (Phi) is 3.31. The number of benzene rings is 1. The first-order chi connectivity index (χ1) is 7.70. The fourth-order valence-electron chi connectivity index (χ4n) is 1.25. The molecule has 0 radical (unpaired) electrons. The molecule has 2 aromatic rings. The average Bonchev–Trinajstić information content (AvgIpc) is 2.67. The monoisotopic (exact) mass is 285 g/mol. The number of halogens is 2. The number of hydrogen-bond acceptors (Lipinski definition) is 4. The molecule has 0 amide bonds. The van der Waals surface area contributed by atoms with Gasteiger partial charge in [-0.3, -0.25) is 0 Å². The fraction of sp³-hybridized carbons (Fsp3) is 0.200. The van der Waals surface area contributed by atoms with Gasteiger partial charge in [-0.2, -0.15) is 0 Å². The van der Waals surface area contributed by atoms with E-state index in [9.17, 15) is 4.39 Å². The third kappa shape index (κ3) is 2.28. The molecule has 1 aromatic carbocycles. The molecule has 1 aromatic heterocycles. The summed E-state index contributed by atoms with van der Waals surface area (Å²) in [6.45, 7) is 0.463. The van der Waals surface area contributed by atoms with Crippen LogP contribution < -0.4 is 5.32 Å². The van der Waals surface area contributed by atoms with E-state index in [2.05, 4.69) is 31.4 Å². The lowest BCUT2D eigenvalue weighted by Gasteiger charge is -1.97. The first kappa shape index (κ1) is 11.2. The molecule has 1 heterocycles. The van der Waals surface area contributed by atoms with Crippen LogP contribution in [0.15, 0.2) is 27.1 Å². The molecule has 0 saturated heterocycles. The quantitative estimate of drug-likeness (QED) is 0.941. The van der Waals surface area contributed by atoms with Gasteiger partial charge in [-0.1, -0.05) is 15.9 Å². The van der Waals surface area contributed by atoms with E-state index < -0.39 is 5.82 Å². The summed E-state index contributed by atoms with van der Waals surface area (Å²) in [4.78, 5) is 0. The summed E-state index contributed by atoms with van der Waals surface area (Å²) in [5.41, 5.74) is 0.304. The van der Waals surface area contributed by atoms with Crippen molar-refractivity contribution in [3.63, 3.8) is 0 Å². The zero-order chi connectivity index (χ0) is 11.5. The number of aromatic nitrogens is 2. The van der Waals surface area contributed by atoms with Gasteiger partial charge in [0.25, 0.3) is 5.89 Å². The summed E-state index contributed by atoms with van der Waals surface area (Å²) < 4.78 is 19.5. The second kappa shape index (κ2) is 4.71. The average molecular weight is 286 g/mol. The van der Waals surface area contributed by atoms with Gasteiger partial charge in [0.2, 0.25) is 5.89 Å². The van der Waals surface area contributed by atoms with Crippen LogP contribution in [0.4, 0.5) is 4.39 Å². The van der Waals surface area contributed by atoms with E-state index in [1.807, 2.05) is 0 Å². The van der Waals surface area contributed by atoms with Crippen molar-refractivity contribution in [3.8, 4) is 11.5 Å². The molecule has 6 heteroatoms. The largest absolute Gasteiger partial charge is 0.419 e. The van der Waals surface area contributed by atoms with Crippen molar-refractivity contribution in [1.29, 1.82) is 0 Å². The van der Waals surface area contributed by atoms with Gasteiger partial charge in [0.05, 0.1) is 12.1 Å². The van der Waals surface area contributed by atoms with Crippen molar-refractivity contribution in [1.82, 2.24) is 15.5 Å². The normalized spacial score (nSPS) is 10.7. The maximum Gasteiger partial charge on any atom is 0.250 e. The van der Waals surface area contributed by atoms with Crippen LogP contribution in [0, 0.1) is 5.82 Å². The van der Waals surface area contributed by atoms with Crippen molar-refractivity contribution in [2.24, 2.45) is 0 Å². The lowest BCUT2D eigenvalue weighted by molar-refractivity contribution is 0.487. The number of nitrogens with one attached hydrogen (secondary N) is 1. The van der Waals surface area contributed by atoms with Gasteiger partial charge in [-0.05, 0) is 25.2 Å². The molecule has 2 rings (SSSR count). The molecule has 16 heavy (non-hydrogen) atoms. The van der Waals surface area contributed by atoms with E-state index in [1.54, 1.807) is 19.2 Å². The number of rotatable bonds is 3. The molecular formula is C10H9BrFN3O. The summed E-state index contributed by atoms with van der Waals surface area (Å²) in [6.07, 6.45) is 0. The molecule has 4 nitrogen and oxygen atoms in total. The van der Waals surface area contributed by atoms with E-state index >= 15 is 0 Å². The Labute approximate surface area is 100 Å². The smallest absolute Gasteiger partial charge is 0.250 e. The Morgan fingerprint density at radius 1 is 1.44 bits per heavy atom. The molecule has 84 valence electrons. The Morgan fingerprint density at radius 2 is 2.25 bits per heavy atom. The molecule has 1 N–H and O–H groups in total. The van der Waals surface area contributed by atoms with Crippen LogP contribution >= 0.6 is 15.9 Å². The van der Waals surface area contributed by atoms with Crippen LogP contribution in [0.5, 0.6) is 0 Å². The van der Waals surface area contributed by atoms with Crippen LogP contribution in [-0.2, 0) is 6.54 Å². The second-order valence-corrected chi connectivity index (χ2v) is 4.07. The minimum absolute atomic E-state index is 0.190. The highest BCUT2D eigenvalue weighted by Gasteiger charge is 2.12. The third-order valence-electron chi connectivity index (χ3n) is 1.96. The first-order valence-electron chi connectivity index (χ1n) is 4.63. The molecule has 0 aliphatic carbocycles. The van der Waals surface area contributed by atoms with Gasteiger partial charge in [-0.15, -0.1) is 10.2 Å². The van der Waals surface area contributed by atoms with Gasteiger partial charge in [0.1, 0.15) is 5.82 Å². The van der Waals surface area contributed by atoms with Crippen molar-refractivity contribution in [2.75, 3.05) is 7.05 Å². The Morgan fingerprint density at radius 3 is 2.94 bits per heavy atom. The highest BCUT2D eigenvalue weighted by atomic mass is 79.9. The summed E-state index contributed by atoms with van der Waals surface area (Å²) >= 11 is 3.18. The van der Waals surface area contributed by atoms with Gasteiger partial charge in [0.15, 0.2) is 0 Å². The maximum absolute atomic E-state index is 13.6. The molecule has 0 fully saturated rings. The fourth-order valence-corrected chi connectivity index (χ4v) is 1.58. The zero-order valence-corrected chi connectivity index (χ0v) is 10.1. The molecular weight excluding hydrogens is 277 g/mol. The standard InChI is InChI=1S/C10H9BrFN3O/c1-13-5-9-14-15-10(16-9)7-3-2-6(11)4-8(7)12/h2-4,13H,5H2,1H3. The van der Waals surface area contributed by atoms with Gasteiger partial charge in [0, 0.05) is 4.47 Å². The maximum atomic E-state index is 13.6. The molecule has 0 atom stereocenters. The molecule has 0 aliphatic heterocycles. The molecule has 0 bridgehead atoms. The lowest BCUT2D eigenvalue weighted by atomic mass is 10.2. The van der Waals surface area contributed by atoms with Crippen molar-refractivity contribution in [2.45, 2.75) is 6.54 Å². The SMILES string of the molecule is CNCc1nnc(-c2ccc(Br)cc2F)o1. The third-order valence-corrected chi connectivity index (χ3v) is 2.45.